The van der Waals surface area contributed by atoms with Crippen LogP contribution in [-0.4, -0.2) is 52.8 Å². The van der Waals surface area contributed by atoms with Crippen molar-refractivity contribution in [2.24, 2.45) is 0 Å². The average Bonchev–Trinajstić information content (AvgIpc) is 3.42. The van der Waals surface area contributed by atoms with Gasteiger partial charge in [-0.25, -0.2) is 4.98 Å². The molecule has 1 saturated heterocycles. The molecule has 37 heavy (non-hydrogen) atoms. The van der Waals surface area contributed by atoms with Gasteiger partial charge in [0.05, 0.1) is 12.1 Å². The molecule has 0 spiro atoms. The van der Waals surface area contributed by atoms with Crippen LogP contribution in [-0.2, 0) is 4.79 Å². The lowest BCUT2D eigenvalue weighted by Gasteiger charge is -2.31. The van der Waals surface area contributed by atoms with Gasteiger partial charge in [-0.15, -0.1) is 11.3 Å². The third kappa shape index (κ3) is 6.17. The molecule has 0 aliphatic carbocycles. The Kier molecular flexibility index (Phi) is 8.23. The molecule has 1 fully saturated rings. The fourth-order valence-corrected chi connectivity index (χ4v) is 5.35. The number of nitrogens with zero attached hydrogens (tertiary/aromatic N) is 2. The van der Waals surface area contributed by atoms with Crippen molar-refractivity contribution >= 4 is 34.6 Å². The van der Waals surface area contributed by atoms with Crippen LogP contribution in [0.5, 0.6) is 11.5 Å². The Morgan fingerprint density at radius 2 is 1.76 bits per heavy atom. The summed E-state index contributed by atoms with van der Waals surface area (Å²) in [6.07, 6.45) is 1.90. The molecule has 2 aromatic carbocycles. The molecule has 1 aliphatic heterocycles. The van der Waals surface area contributed by atoms with Gasteiger partial charge >= 0.3 is 0 Å². The number of aromatic nitrogens is 1. The highest BCUT2D eigenvalue weighted by molar-refractivity contribution is 7.10. The number of likely N-dealkylation sites (tertiary alicyclic amines) is 1. The Hall–Kier alpha value is -3.72. The summed E-state index contributed by atoms with van der Waals surface area (Å²) in [7, 11) is 1.57. The minimum absolute atomic E-state index is 0.0147. The van der Waals surface area contributed by atoms with Gasteiger partial charge in [0.15, 0.2) is 5.78 Å². The van der Waals surface area contributed by atoms with Crippen LogP contribution in [0.3, 0.4) is 0 Å². The van der Waals surface area contributed by atoms with Crippen LogP contribution in [0, 0.1) is 13.8 Å². The fraction of sp³-hybridized carbons (Fsp3) is 0.357. The first-order valence-electron chi connectivity index (χ1n) is 12.3. The number of phenolic OH excluding ortho intramolecular Hbond substituents is 1. The van der Waals surface area contributed by atoms with Crippen molar-refractivity contribution in [3.63, 3.8) is 0 Å². The average molecular weight is 522 g/mol. The normalized spacial score (nSPS) is 13.9. The van der Waals surface area contributed by atoms with E-state index in [9.17, 15) is 19.5 Å². The maximum atomic E-state index is 12.7. The number of aromatic hydroxyl groups is 1. The van der Waals surface area contributed by atoms with E-state index in [1.165, 1.54) is 11.3 Å². The van der Waals surface area contributed by atoms with Crippen molar-refractivity contribution in [1.29, 1.82) is 0 Å². The second kappa shape index (κ2) is 11.6. The largest absolute Gasteiger partial charge is 0.508 e. The van der Waals surface area contributed by atoms with E-state index in [2.05, 4.69) is 10.3 Å². The van der Waals surface area contributed by atoms with E-state index in [-0.39, 0.29) is 42.1 Å². The van der Waals surface area contributed by atoms with Crippen LogP contribution < -0.4 is 10.1 Å². The minimum Gasteiger partial charge on any atom is -0.508 e. The number of anilines is 1. The fourth-order valence-electron chi connectivity index (χ4n) is 4.38. The zero-order chi connectivity index (χ0) is 26.5. The van der Waals surface area contributed by atoms with Crippen molar-refractivity contribution < 1.29 is 24.2 Å². The third-order valence-electron chi connectivity index (χ3n) is 6.94. The molecule has 2 heterocycles. The smallest absolute Gasteiger partial charge is 0.275 e. The van der Waals surface area contributed by atoms with E-state index in [0.29, 0.717) is 35.8 Å². The second-order valence-corrected chi connectivity index (χ2v) is 10.1. The van der Waals surface area contributed by atoms with E-state index in [4.69, 9.17) is 4.74 Å². The number of hydrogen-bond acceptors (Lipinski definition) is 7. The quantitative estimate of drug-likeness (QED) is 0.316. The van der Waals surface area contributed by atoms with Gasteiger partial charge in [0, 0.05) is 48.5 Å². The maximum absolute atomic E-state index is 12.7. The second-order valence-electron chi connectivity index (χ2n) is 9.21. The van der Waals surface area contributed by atoms with Crippen molar-refractivity contribution in [2.45, 2.75) is 45.4 Å². The molecular weight excluding hydrogens is 490 g/mol. The number of methoxy groups -OCH3 is 1. The molecule has 0 radical (unpaired) electrons. The number of rotatable bonds is 8. The molecule has 0 bridgehead atoms. The number of benzene rings is 2. The van der Waals surface area contributed by atoms with Crippen molar-refractivity contribution in [2.75, 3.05) is 25.5 Å². The van der Waals surface area contributed by atoms with Gasteiger partial charge in [-0.1, -0.05) is 0 Å². The molecule has 3 aromatic rings. The van der Waals surface area contributed by atoms with Gasteiger partial charge < -0.3 is 20.1 Å². The van der Waals surface area contributed by atoms with Gasteiger partial charge in [0.25, 0.3) is 5.91 Å². The summed E-state index contributed by atoms with van der Waals surface area (Å²) in [5, 5.41) is 15.4. The number of phenols is 1. The van der Waals surface area contributed by atoms with E-state index in [0.717, 1.165) is 29.0 Å². The van der Waals surface area contributed by atoms with Gasteiger partial charge in [0.2, 0.25) is 5.91 Å². The molecule has 9 heteroatoms. The number of carbonyl (C=O) groups is 3. The Morgan fingerprint density at radius 3 is 2.43 bits per heavy atom. The first-order valence-corrected chi connectivity index (χ1v) is 13.2. The SMILES string of the molecule is COc1ccc(C(=O)CCC(=O)N2CCC(c3nc(C(=O)Nc4ccc(O)c(C)c4C)cs3)CC2)cc1. The predicted molar refractivity (Wildman–Crippen MR) is 143 cm³/mol. The summed E-state index contributed by atoms with van der Waals surface area (Å²) in [6, 6.07) is 10.2. The molecule has 1 aromatic heterocycles. The number of ether oxygens (including phenoxy) is 1. The lowest BCUT2D eigenvalue weighted by molar-refractivity contribution is -0.132. The highest BCUT2D eigenvalue weighted by Crippen LogP contribution is 2.31. The molecule has 0 saturated carbocycles. The number of thiazole rings is 1. The van der Waals surface area contributed by atoms with Crippen LogP contribution >= 0.6 is 11.3 Å². The number of carbonyl (C=O) groups excluding carboxylic acids is 3. The molecule has 194 valence electrons. The van der Waals surface area contributed by atoms with Crippen LogP contribution in [0.4, 0.5) is 5.69 Å². The first kappa shape index (κ1) is 26.3. The summed E-state index contributed by atoms with van der Waals surface area (Å²) in [5.41, 5.74) is 3.12. The molecule has 2 amide bonds. The lowest BCUT2D eigenvalue weighted by atomic mass is 9.97. The number of piperidine rings is 1. The Morgan fingerprint density at radius 1 is 1.05 bits per heavy atom. The minimum atomic E-state index is -0.287. The molecule has 2 N–H and O–H groups in total. The number of amides is 2. The Labute approximate surface area is 220 Å². The molecule has 1 aliphatic rings. The van der Waals surface area contributed by atoms with Gasteiger partial charge in [-0.3, -0.25) is 14.4 Å². The number of Topliss-reactive ketones (excluding diaryl/α,β-unsaturated/α-hetero) is 1. The molecule has 4 rings (SSSR count). The van der Waals surface area contributed by atoms with Gasteiger partial charge in [-0.2, -0.15) is 0 Å². The summed E-state index contributed by atoms with van der Waals surface area (Å²) >= 11 is 1.46. The van der Waals surface area contributed by atoms with Crippen molar-refractivity contribution in [3.05, 3.63) is 69.2 Å². The van der Waals surface area contributed by atoms with Crippen LogP contribution in [0.15, 0.2) is 41.8 Å². The zero-order valence-electron chi connectivity index (χ0n) is 21.2. The predicted octanol–water partition coefficient (Wildman–Crippen LogP) is 5.10. The third-order valence-corrected chi connectivity index (χ3v) is 7.94. The summed E-state index contributed by atoms with van der Waals surface area (Å²) in [4.78, 5) is 44.3. The zero-order valence-corrected chi connectivity index (χ0v) is 22.1. The molecular formula is C28H31N3O5S. The standard InChI is InChI=1S/C28H31N3O5S/c1-17-18(2)24(32)9-8-22(17)29-27(35)23-16-37-28(30-23)20-12-14-31(15-13-20)26(34)11-10-25(33)19-4-6-21(36-3)7-5-19/h4-9,16,20,32H,10-15H2,1-3H3,(H,29,35). The number of hydrogen-bond donors (Lipinski definition) is 2. The van der Waals surface area contributed by atoms with E-state index in [1.807, 2.05) is 11.8 Å². The van der Waals surface area contributed by atoms with E-state index < -0.39 is 0 Å². The van der Waals surface area contributed by atoms with Crippen molar-refractivity contribution in [1.82, 2.24) is 9.88 Å². The summed E-state index contributed by atoms with van der Waals surface area (Å²) < 4.78 is 5.11. The van der Waals surface area contributed by atoms with E-state index in [1.54, 1.807) is 55.8 Å². The van der Waals surface area contributed by atoms with Gasteiger partial charge in [-0.05, 0) is 74.2 Å². The van der Waals surface area contributed by atoms with Crippen LogP contribution in [0.25, 0.3) is 0 Å². The molecule has 0 atom stereocenters. The highest BCUT2D eigenvalue weighted by atomic mass is 32.1. The number of nitrogens with one attached hydrogen (secondary N) is 1. The molecule has 0 unspecified atom stereocenters. The summed E-state index contributed by atoms with van der Waals surface area (Å²) in [6.45, 7) is 4.86. The monoisotopic (exact) mass is 521 g/mol. The molecule has 8 nitrogen and oxygen atoms in total. The highest BCUT2D eigenvalue weighted by Gasteiger charge is 2.27. The van der Waals surface area contributed by atoms with Crippen molar-refractivity contribution in [3.8, 4) is 11.5 Å². The Bertz CT molecular complexity index is 1290. The number of ketones is 1. The summed E-state index contributed by atoms with van der Waals surface area (Å²) in [5.74, 6) is 0.710. The topological polar surface area (TPSA) is 109 Å². The lowest BCUT2D eigenvalue weighted by Crippen LogP contribution is -2.38. The van der Waals surface area contributed by atoms with Crippen LogP contribution in [0.1, 0.15) is 68.6 Å². The Balaban J connectivity index is 1.26. The van der Waals surface area contributed by atoms with Crippen LogP contribution in [0.2, 0.25) is 0 Å². The first-order chi connectivity index (χ1) is 17.8. The van der Waals surface area contributed by atoms with Gasteiger partial charge in [0.1, 0.15) is 17.2 Å². The maximum Gasteiger partial charge on any atom is 0.275 e. The van der Waals surface area contributed by atoms with E-state index >= 15 is 0 Å².